The van der Waals surface area contributed by atoms with Crippen molar-refractivity contribution < 1.29 is 41.0 Å². The van der Waals surface area contributed by atoms with E-state index in [1.165, 1.54) is 4.31 Å². The molecule has 2 aliphatic heterocycles. The molecule has 2 fully saturated rings. The zero-order chi connectivity index (χ0) is 24.4. The third-order valence-electron chi connectivity index (χ3n) is 6.08. The normalized spacial score (nSPS) is 20.8. The Morgan fingerprint density at radius 1 is 1.24 bits per heavy atom. The van der Waals surface area contributed by atoms with E-state index in [9.17, 15) is 26.4 Å². The van der Waals surface area contributed by atoms with E-state index in [0.717, 1.165) is 10.5 Å². The van der Waals surface area contributed by atoms with Gasteiger partial charge in [0.2, 0.25) is 16.1 Å². The van der Waals surface area contributed by atoms with E-state index >= 15 is 0 Å². The van der Waals surface area contributed by atoms with Crippen LogP contribution >= 0.6 is 0 Å². The van der Waals surface area contributed by atoms with Crippen LogP contribution in [0, 0.1) is 0 Å². The highest BCUT2D eigenvalue weighted by molar-refractivity contribution is 7.89. The third-order valence-corrected chi connectivity index (χ3v) is 7.92. The van der Waals surface area contributed by atoms with Gasteiger partial charge in [-0.25, -0.2) is 13.2 Å². The van der Waals surface area contributed by atoms with E-state index < -0.39 is 40.6 Å². The zero-order valence-electron chi connectivity index (χ0n) is 18.5. The average Bonchev–Trinajstić information content (AvgIpc) is 2.77. The molecule has 33 heavy (non-hydrogen) atoms. The van der Waals surface area contributed by atoms with Crippen LogP contribution in [0.3, 0.4) is 0 Å². The summed E-state index contributed by atoms with van der Waals surface area (Å²) in [6.07, 6.45) is -8.14. The van der Waals surface area contributed by atoms with E-state index in [0.29, 0.717) is 0 Å². The molecule has 0 saturated carbocycles. The van der Waals surface area contributed by atoms with E-state index in [1.807, 2.05) is 19.9 Å². The second kappa shape index (κ2) is 9.77. The molecule has 0 radical (unpaired) electrons. The number of morpholine rings is 1. The van der Waals surface area contributed by atoms with Gasteiger partial charge in [0.25, 0.3) is 0 Å². The molecular formula is C21H29F3N2O6S. The first-order valence-electron chi connectivity index (χ1n) is 10.8. The molecule has 1 aromatic carbocycles. The Kier molecular flexibility index (Phi) is 7.62. The molecule has 1 N–H and O–H groups in total. The van der Waals surface area contributed by atoms with Gasteiger partial charge in [-0.3, -0.25) is 0 Å². The summed E-state index contributed by atoms with van der Waals surface area (Å²) in [4.78, 5) is 13.4. The Labute approximate surface area is 191 Å². The number of alkyl halides is 3. The molecular weight excluding hydrogens is 465 g/mol. The Bertz CT molecular complexity index is 946. The predicted molar refractivity (Wildman–Crippen MR) is 112 cm³/mol. The molecule has 1 spiro atoms. The van der Waals surface area contributed by atoms with Crippen LogP contribution in [0.4, 0.5) is 18.0 Å². The SMILES string of the molecule is CC(C)c1cccc(S(=O)(=O)N2CCOC3(CCN(C(=O)OC(CO)C(F)(F)F)CC3)C2)c1. The average molecular weight is 495 g/mol. The number of rotatable bonds is 5. The second-order valence-corrected chi connectivity index (χ2v) is 10.6. The lowest BCUT2D eigenvalue weighted by atomic mass is 9.90. The number of benzene rings is 1. The molecule has 1 aromatic rings. The molecule has 1 unspecified atom stereocenters. The molecule has 186 valence electrons. The number of carbonyl (C=O) groups is 1. The van der Waals surface area contributed by atoms with Crippen LogP contribution in [0.5, 0.6) is 0 Å². The lowest BCUT2D eigenvalue weighted by Gasteiger charge is -2.46. The van der Waals surface area contributed by atoms with Crippen LogP contribution < -0.4 is 0 Å². The van der Waals surface area contributed by atoms with E-state index in [2.05, 4.69) is 4.74 Å². The number of carbonyl (C=O) groups excluding carboxylic acids is 1. The Morgan fingerprint density at radius 2 is 1.91 bits per heavy atom. The summed E-state index contributed by atoms with van der Waals surface area (Å²) in [7, 11) is -3.76. The van der Waals surface area contributed by atoms with Crippen molar-refractivity contribution in [2.45, 2.75) is 55.4 Å². The number of ether oxygens (including phenoxy) is 2. The summed E-state index contributed by atoms with van der Waals surface area (Å²) in [5.74, 6) is 0.169. The van der Waals surface area contributed by atoms with Crippen molar-refractivity contribution in [3.05, 3.63) is 29.8 Å². The number of piperidine rings is 1. The summed E-state index contributed by atoms with van der Waals surface area (Å²) in [5.41, 5.74) is 0.0731. The summed E-state index contributed by atoms with van der Waals surface area (Å²) in [5, 5.41) is 8.86. The maximum atomic E-state index is 13.3. The van der Waals surface area contributed by atoms with Gasteiger partial charge in [0, 0.05) is 26.2 Å². The van der Waals surface area contributed by atoms with Crippen molar-refractivity contribution in [3.63, 3.8) is 0 Å². The third kappa shape index (κ3) is 5.79. The van der Waals surface area contributed by atoms with Gasteiger partial charge in [-0.05, 0) is 36.5 Å². The number of hydrogen-bond acceptors (Lipinski definition) is 6. The first kappa shape index (κ1) is 25.7. The van der Waals surface area contributed by atoms with E-state index in [1.54, 1.807) is 18.2 Å². The number of amides is 1. The van der Waals surface area contributed by atoms with Crippen LogP contribution in [0.25, 0.3) is 0 Å². The largest absolute Gasteiger partial charge is 0.434 e. The molecule has 12 heteroatoms. The molecule has 0 aliphatic carbocycles. The summed E-state index contributed by atoms with van der Waals surface area (Å²) in [6.45, 7) is 3.14. The molecule has 0 bridgehead atoms. The van der Waals surface area contributed by atoms with Crippen LogP contribution in [0.15, 0.2) is 29.2 Å². The monoisotopic (exact) mass is 494 g/mol. The fourth-order valence-electron chi connectivity index (χ4n) is 4.00. The molecule has 0 aromatic heterocycles. The molecule has 2 saturated heterocycles. The number of halogens is 3. The highest BCUT2D eigenvalue weighted by Gasteiger charge is 2.46. The van der Waals surface area contributed by atoms with Gasteiger partial charge in [0.05, 0.1) is 23.7 Å². The lowest BCUT2D eigenvalue weighted by molar-refractivity contribution is -0.215. The van der Waals surface area contributed by atoms with Crippen molar-refractivity contribution in [2.24, 2.45) is 0 Å². The standard InChI is InChI=1S/C21H29F3N2O6S/c1-15(2)16-4-3-5-17(12-16)33(29,30)26-10-11-31-20(14-26)6-8-25(9-7-20)19(28)32-18(13-27)21(22,23)24/h3-5,12,15,18,27H,6-11,13-14H2,1-2H3. The number of nitrogens with zero attached hydrogens (tertiary/aromatic N) is 2. The van der Waals surface area contributed by atoms with Crippen LogP contribution in [-0.2, 0) is 19.5 Å². The van der Waals surface area contributed by atoms with E-state index in [-0.39, 0.29) is 56.4 Å². The predicted octanol–water partition coefficient (Wildman–Crippen LogP) is 2.73. The molecule has 1 atom stereocenters. The molecule has 2 heterocycles. The quantitative estimate of drug-likeness (QED) is 0.676. The Balaban J connectivity index is 1.66. The number of sulfonamides is 1. The van der Waals surface area contributed by atoms with Crippen LogP contribution in [-0.4, -0.2) is 86.1 Å². The lowest BCUT2D eigenvalue weighted by Crippen LogP contribution is -2.58. The highest BCUT2D eigenvalue weighted by atomic mass is 32.2. The fraction of sp³-hybridized carbons (Fsp3) is 0.667. The van der Waals surface area contributed by atoms with Gasteiger partial charge in [-0.15, -0.1) is 0 Å². The summed E-state index contributed by atoms with van der Waals surface area (Å²) >= 11 is 0. The van der Waals surface area contributed by atoms with Gasteiger partial charge >= 0.3 is 12.3 Å². The number of hydrogen-bond donors (Lipinski definition) is 1. The Morgan fingerprint density at radius 3 is 2.48 bits per heavy atom. The minimum Gasteiger partial charge on any atom is -0.434 e. The van der Waals surface area contributed by atoms with Crippen molar-refractivity contribution in [2.75, 3.05) is 39.4 Å². The van der Waals surface area contributed by atoms with Gasteiger partial charge in [-0.1, -0.05) is 26.0 Å². The van der Waals surface area contributed by atoms with Gasteiger partial charge in [0.1, 0.15) is 0 Å². The van der Waals surface area contributed by atoms with Gasteiger partial charge in [0.15, 0.2) is 0 Å². The second-order valence-electron chi connectivity index (χ2n) is 8.68. The van der Waals surface area contributed by atoms with Crippen molar-refractivity contribution in [1.29, 1.82) is 0 Å². The molecule has 1 amide bonds. The highest BCUT2D eigenvalue weighted by Crippen LogP contribution is 2.33. The fourth-order valence-corrected chi connectivity index (χ4v) is 5.56. The minimum atomic E-state index is -4.87. The first-order valence-corrected chi connectivity index (χ1v) is 12.2. The number of aliphatic hydroxyl groups excluding tert-OH is 1. The van der Waals surface area contributed by atoms with Crippen molar-refractivity contribution in [3.8, 4) is 0 Å². The maximum Gasteiger partial charge on any atom is 0.427 e. The molecule has 8 nitrogen and oxygen atoms in total. The minimum absolute atomic E-state index is 0.0472. The van der Waals surface area contributed by atoms with Crippen molar-refractivity contribution in [1.82, 2.24) is 9.21 Å². The van der Waals surface area contributed by atoms with E-state index in [4.69, 9.17) is 9.84 Å². The molecule has 3 rings (SSSR count). The maximum absolute atomic E-state index is 13.3. The number of aliphatic hydroxyl groups is 1. The first-order chi connectivity index (χ1) is 15.4. The zero-order valence-corrected chi connectivity index (χ0v) is 19.4. The Hall–Kier alpha value is -1.89. The molecule has 2 aliphatic rings. The van der Waals surface area contributed by atoms with Gasteiger partial charge in [-0.2, -0.15) is 17.5 Å². The van der Waals surface area contributed by atoms with Gasteiger partial charge < -0.3 is 19.5 Å². The topological polar surface area (TPSA) is 96.4 Å². The van der Waals surface area contributed by atoms with Crippen LogP contribution in [0.2, 0.25) is 0 Å². The summed E-state index contributed by atoms with van der Waals surface area (Å²) < 4.78 is 76.5. The summed E-state index contributed by atoms with van der Waals surface area (Å²) in [6, 6.07) is 6.81. The van der Waals surface area contributed by atoms with Crippen LogP contribution in [0.1, 0.15) is 38.2 Å². The smallest absolute Gasteiger partial charge is 0.427 e. The van der Waals surface area contributed by atoms with Crippen molar-refractivity contribution >= 4 is 16.1 Å². The number of likely N-dealkylation sites (tertiary alicyclic amines) is 1.